The SMILES string of the molecule is Cc1cc(C)cc(OCC(=O)N(Cc2ccc(F)cc2)[C@H](C)C(=O)NC(C)C)c1. The van der Waals surface area contributed by atoms with Crippen molar-refractivity contribution in [3.8, 4) is 5.75 Å². The molecular weight excluding hydrogens is 371 g/mol. The molecule has 0 aliphatic heterocycles. The lowest BCUT2D eigenvalue weighted by Gasteiger charge is -2.29. The number of hydrogen-bond donors (Lipinski definition) is 1. The summed E-state index contributed by atoms with van der Waals surface area (Å²) in [6.45, 7) is 9.31. The molecule has 0 saturated heterocycles. The number of ether oxygens (including phenoxy) is 1. The van der Waals surface area contributed by atoms with Gasteiger partial charge in [0.05, 0.1) is 0 Å². The Bertz CT molecular complexity index is 829. The third-order valence-corrected chi connectivity index (χ3v) is 4.42. The zero-order chi connectivity index (χ0) is 21.6. The van der Waals surface area contributed by atoms with Gasteiger partial charge < -0.3 is 15.0 Å². The Balaban J connectivity index is 2.16. The lowest BCUT2D eigenvalue weighted by molar-refractivity contribution is -0.142. The van der Waals surface area contributed by atoms with E-state index in [4.69, 9.17) is 4.74 Å². The van der Waals surface area contributed by atoms with Crippen LogP contribution in [0, 0.1) is 19.7 Å². The minimum Gasteiger partial charge on any atom is -0.484 e. The second-order valence-electron chi connectivity index (χ2n) is 7.60. The average molecular weight is 400 g/mol. The first kappa shape index (κ1) is 22.4. The Morgan fingerprint density at radius 3 is 2.17 bits per heavy atom. The van der Waals surface area contributed by atoms with Crippen molar-refractivity contribution in [2.24, 2.45) is 0 Å². The molecule has 0 saturated carbocycles. The molecule has 2 aromatic rings. The van der Waals surface area contributed by atoms with Crippen LogP contribution in [0.5, 0.6) is 5.75 Å². The third kappa shape index (κ3) is 6.89. The summed E-state index contributed by atoms with van der Waals surface area (Å²) in [5.41, 5.74) is 2.82. The van der Waals surface area contributed by atoms with Gasteiger partial charge in [-0.25, -0.2) is 4.39 Å². The highest BCUT2D eigenvalue weighted by molar-refractivity contribution is 5.88. The first-order valence-electron chi connectivity index (χ1n) is 9.71. The van der Waals surface area contributed by atoms with Crippen LogP contribution in [0.2, 0.25) is 0 Å². The van der Waals surface area contributed by atoms with Crippen molar-refractivity contribution in [1.82, 2.24) is 10.2 Å². The molecule has 0 aliphatic rings. The van der Waals surface area contributed by atoms with E-state index >= 15 is 0 Å². The molecule has 29 heavy (non-hydrogen) atoms. The van der Waals surface area contributed by atoms with Gasteiger partial charge in [0, 0.05) is 12.6 Å². The third-order valence-electron chi connectivity index (χ3n) is 4.42. The number of nitrogens with zero attached hydrogens (tertiary/aromatic N) is 1. The van der Waals surface area contributed by atoms with Gasteiger partial charge in [-0.3, -0.25) is 9.59 Å². The lowest BCUT2D eigenvalue weighted by atomic mass is 10.1. The van der Waals surface area contributed by atoms with Crippen molar-refractivity contribution in [2.45, 2.75) is 53.2 Å². The molecule has 0 bridgehead atoms. The maximum atomic E-state index is 13.2. The van der Waals surface area contributed by atoms with Gasteiger partial charge in [-0.1, -0.05) is 18.2 Å². The van der Waals surface area contributed by atoms with E-state index in [1.165, 1.54) is 17.0 Å². The number of carbonyl (C=O) groups is 2. The van der Waals surface area contributed by atoms with Crippen LogP contribution < -0.4 is 10.1 Å². The highest BCUT2D eigenvalue weighted by Crippen LogP contribution is 2.17. The van der Waals surface area contributed by atoms with Gasteiger partial charge in [-0.15, -0.1) is 0 Å². The number of aryl methyl sites for hydroxylation is 2. The average Bonchev–Trinajstić information content (AvgIpc) is 2.63. The Morgan fingerprint density at radius 1 is 1.03 bits per heavy atom. The van der Waals surface area contributed by atoms with Crippen molar-refractivity contribution in [1.29, 1.82) is 0 Å². The molecule has 0 heterocycles. The monoisotopic (exact) mass is 400 g/mol. The second kappa shape index (κ2) is 10.0. The minimum atomic E-state index is -0.696. The van der Waals surface area contributed by atoms with Gasteiger partial charge in [0.25, 0.3) is 5.91 Å². The number of nitrogens with one attached hydrogen (secondary N) is 1. The predicted molar refractivity (Wildman–Crippen MR) is 111 cm³/mol. The Morgan fingerprint density at radius 2 is 1.62 bits per heavy atom. The number of rotatable bonds is 8. The van der Waals surface area contributed by atoms with E-state index in [-0.39, 0.29) is 36.8 Å². The topological polar surface area (TPSA) is 58.6 Å². The molecule has 156 valence electrons. The molecule has 0 spiro atoms. The van der Waals surface area contributed by atoms with Gasteiger partial charge in [-0.2, -0.15) is 0 Å². The molecule has 6 heteroatoms. The molecule has 0 aromatic heterocycles. The maximum absolute atomic E-state index is 13.2. The fourth-order valence-electron chi connectivity index (χ4n) is 3.02. The normalized spacial score (nSPS) is 11.8. The van der Waals surface area contributed by atoms with Gasteiger partial charge in [0.2, 0.25) is 5.91 Å². The quantitative estimate of drug-likeness (QED) is 0.734. The minimum absolute atomic E-state index is 0.0424. The van der Waals surface area contributed by atoms with E-state index in [2.05, 4.69) is 5.32 Å². The van der Waals surface area contributed by atoms with Crippen LogP contribution in [0.4, 0.5) is 4.39 Å². The molecule has 0 fully saturated rings. The van der Waals surface area contributed by atoms with Crippen molar-refractivity contribution in [3.63, 3.8) is 0 Å². The van der Waals surface area contributed by atoms with Crippen LogP contribution in [-0.2, 0) is 16.1 Å². The van der Waals surface area contributed by atoms with Crippen molar-refractivity contribution in [2.75, 3.05) is 6.61 Å². The van der Waals surface area contributed by atoms with Crippen molar-refractivity contribution < 1.29 is 18.7 Å². The summed E-state index contributed by atoms with van der Waals surface area (Å²) in [6.07, 6.45) is 0. The second-order valence-corrected chi connectivity index (χ2v) is 7.60. The largest absolute Gasteiger partial charge is 0.484 e. The van der Waals surface area contributed by atoms with Crippen molar-refractivity contribution >= 4 is 11.8 Å². The summed E-state index contributed by atoms with van der Waals surface area (Å²) in [6, 6.07) is 10.9. The highest BCUT2D eigenvalue weighted by atomic mass is 19.1. The summed E-state index contributed by atoms with van der Waals surface area (Å²) < 4.78 is 18.9. The van der Waals surface area contributed by atoms with E-state index in [0.717, 1.165) is 16.7 Å². The molecule has 2 amide bonds. The zero-order valence-electron chi connectivity index (χ0n) is 17.7. The number of carbonyl (C=O) groups excluding carboxylic acids is 2. The first-order chi connectivity index (χ1) is 13.7. The van der Waals surface area contributed by atoms with Crippen LogP contribution in [0.15, 0.2) is 42.5 Å². The molecule has 0 aliphatic carbocycles. The Labute approximate surface area is 171 Å². The first-order valence-corrected chi connectivity index (χ1v) is 9.71. The molecule has 1 N–H and O–H groups in total. The molecular formula is C23H29FN2O3. The number of halogens is 1. The predicted octanol–water partition coefficient (Wildman–Crippen LogP) is 3.76. The van der Waals surface area contributed by atoms with Crippen LogP contribution in [-0.4, -0.2) is 35.4 Å². The van der Waals surface area contributed by atoms with Gasteiger partial charge in [0.1, 0.15) is 17.6 Å². The standard InChI is InChI=1S/C23H29FN2O3/c1-15(2)25-23(28)18(5)26(13-19-6-8-20(24)9-7-19)22(27)14-29-21-11-16(3)10-17(4)12-21/h6-12,15,18H,13-14H2,1-5H3,(H,25,28)/t18-/m1/s1. The van der Waals surface area contributed by atoms with E-state index in [1.54, 1.807) is 19.1 Å². The molecule has 2 aromatic carbocycles. The zero-order valence-corrected chi connectivity index (χ0v) is 17.7. The van der Waals surface area contributed by atoms with Crippen molar-refractivity contribution in [3.05, 3.63) is 65.0 Å². The van der Waals surface area contributed by atoms with Crippen LogP contribution in [0.1, 0.15) is 37.5 Å². The number of hydrogen-bond acceptors (Lipinski definition) is 3. The Kier molecular flexibility index (Phi) is 7.76. The number of benzene rings is 2. The van der Waals surface area contributed by atoms with Gasteiger partial charge >= 0.3 is 0 Å². The van der Waals surface area contributed by atoms with E-state index < -0.39 is 6.04 Å². The summed E-state index contributed by atoms with van der Waals surface area (Å²) in [5, 5.41) is 2.83. The van der Waals surface area contributed by atoms with Gasteiger partial charge in [0.15, 0.2) is 6.61 Å². The molecule has 0 radical (unpaired) electrons. The van der Waals surface area contributed by atoms with Gasteiger partial charge in [-0.05, 0) is 75.6 Å². The molecule has 5 nitrogen and oxygen atoms in total. The van der Waals surface area contributed by atoms with Crippen LogP contribution in [0.25, 0.3) is 0 Å². The van der Waals surface area contributed by atoms with E-state index in [9.17, 15) is 14.0 Å². The number of amides is 2. The Hall–Kier alpha value is -2.89. The molecule has 2 rings (SSSR count). The maximum Gasteiger partial charge on any atom is 0.261 e. The summed E-state index contributed by atoms with van der Waals surface area (Å²) in [4.78, 5) is 26.9. The molecule has 1 atom stereocenters. The van der Waals surface area contributed by atoms with E-state index in [1.807, 2.05) is 45.9 Å². The van der Waals surface area contributed by atoms with Crippen LogP contribution in [0.3, 0.4) is 0 Å². The highest BCUT2D eigenvalue weighted by Gasteiger charge is 2.27. The summed E-state index contributed by atoms with van der Waals surface area (Å²) in [7, 11) is 0. The van der Waals surface area contributed by atoms with E-state index in [0.29, 0.717) is 5.75 Å². The molecule has 0 unspecified atom stereocenters. The smallest absolute Gasteiger partial charge is 0.261 e. The summed E-state index contributed by atoms with van der Waals surface area (Å²) >= 11 is 0. The fourth-order valence-corrected chi connectivity index (χ4v) is 3.02. The fraction of sp³-hybridized carbons (Fsp3) is 0.391. The lowest BCUT2D eigenvalue weighted by Crippen LogP contribution is -2.50. The van der Waals surface area contributed by atoms with Crippen LogP contribution >= 0.6 is 0 Å². The summed E-state index contributed by atoms with van der Waals surface area (Å²) in [5.74, 6) is -0.311.